The molecule has 4 atom stereocenters. The van der Waals surface area contributed by atoms with Crippen LogP contribution < -0.4 is 5.73 Å². The first-order chi connectivity index (χ1) is 14.3. The van der Waals surface area contributed by atoms with Gasteiger partial charge in [0.25, 0.3) is 0 Å². The SMILES string of the molecule is CCC(CC)c1nc(-c2cnc(N)c(C(F)(F)F)c2)cn1[C@]12C3[C@@H]1[C@@H]2CN3CCF. The summed E-state index contributed by atoms with van der Waals surface area (Å²) in [5.41, 5.74) is 5.26. The molecular formula is C21H25F4N5. The van der Waals surface area contributed by atoms with Gasteiger partial charge in [0.1, 0.15) is 18.3 Å². The molecule has 0 amide bonds. The van der Waals surface area contributed by atoms with E-state index in [-0.39, 0.29) is 18.1 Å². The first kappa shape index (κ1) is 19.8. The number of nitrogens with zero attached hydrogens (tertiary/aromatic N) is 4. The highest BCUT2D eigenvalue weighted by Gasteiger charge is 2.93. The van der Waals surface area contributed by atoms with Crippen molar-refractivity contribution < 1.29 is 17.6 Å². The summed E-state index contributed by atoms with van der Waals surface area (Å²) < 4.78 is 55.1. The first-order valence-corrected chi connectivity index (χ1v) is 10.5. The van der Waals surface area contributed by atoms with E-state index in [9.17, 15) is 17.6 Å². The lowest BCUT2D eigenvalue weighted by atomic mass is 10.0. The van der Waals surface area contributed by atoms with Gasteiger partial charge in [-0.05, 0) is 18.9 Å². The molecule has 2 aromatic heterocycles. The predicted octanol–water partition coefficient (Wildman–Crippen LogP) is 4.06. The van der Waals surface area contributed by atoms with Crippen molar-refractivity contribution >= 4 is 5.82 Å². The molecule has 0 aromatic carbocycles. The predicted molar refractivity (Wildman–Crippen MR) is 104 cm³/mol. The Labute approximate surface area is 172 Å². The van der Waals surface area contributed by atoms with Crippen molar-refractivity contribution in [1.82, 2.24) is 19.4 Å². The maximum absolute atomic E-state index is 13.3. The van der Waals surface area contributed by atoms with Gasteiger partial charge in [-0.1, -0.05) is 13.8 Å². The largest absolute Gasteiger partial charge is 0.419 e. The van der Waals surface area contributed by atoms with Gasteiger partial charge in [0.2, 0.25) is 0 Å². The molecule has 2 N–H and O–H groups in total. The van der Waals surface area contributed by atoms with Crippen LogP contribution in [0.3, 0.4) is 0 Å². The van der Waals surface area contributed by atoms with Crippen LogP contribution in [0, 0.1) is 11.8 Å². The third kappa shape index (κ3) is 2.50. The highest BCUT2D eigenvalue weighted by atomic mass is 19.4. The third-order valence-electron chi connectivity index (χ3n) is 7.37. The molecule has 6 rings (SSSR count). The van der Waals surface area contributed by atoms with Crippen molar-refractivity contribution in [2.75, 3.05) is 25.5 Å². The Hall–Kier alpha value is -2.16. The number of pyridine rings is 1. The minimum absolute atomic E-state index is 0.0492. The molecule has 9 heteroatoms. The van der Waals surface area contributed by atoms with Crippen molar-refractivity contribution in [2.24, 2.45) is 11.8 Å². The number of hydrogen-bond donors (Lipinski definition) is 1. The number of imidazole rings is 1. The molecule has 2 saturated carbocycles. The maximum Gasteiger partial charge on any atom is 0.419 e. The fourth-order valence-corrected chi connectivity index (χ4v) is 5.81. The number of rotatable bonds is 7. The Morgan fingerprint density at radius 2 is 2.03 bits per heavy atom. The Bertz CT molecular complexity index is 976. The standard InChI is InChI=1S/C21H25F4N5/c1-3-11(4-2)19-28-15(12-7-13(21(23,24)25)18(26)27-8-12)10-30(19)20-14-9-29(6-5-22)17(20)16(14)20/h7-8,10-11,14,16-17H,3-6,9H2,1-2H3,(H2,26,27)/t14-,16-,17?,20-/m0/s1. The average Bonchev–Trinajstić information content (AvgIpc) is 3.27. The summed E-state index contributed by atoms with van der Waals surface area (Å²) in [6, 6.07) is 1.36. The van der Waals surface area contributed by atoms with Gasteiger partial charge in [-0.3, -0.25) is 4.90 Å². The summed E-state index contributed by atoms with van der Waals surface area (Å²) in [5.74, 6) is 1.59. The molecule has 2 aliphatic carbocycles. The summed E-state index contributed by atoms with van der Waals surface area (Å²) in [6.45, 7) is 5.16. The zero-order valence-corrected chi connectivity index (χ0v) is 17.0. The molecule has 2 bridgehead atoms. The van der Waals surface area contributed by atoms with Gasteiger partial charge in [0, 0.05) is 54.8 Å². The molecule has 162 valence electrons. The summed E-state index contributed by atoms with van der Waals surface area (Å²) in [7, 11) is 0. The minimum atomic E-state index is -4.57. The monoisotopic (exact) mass is 423 g/mol. The van der Waals surface area contributed by atoms with Gasteiger partial charge in [0.15, 0.2) is 0 Å². The van der Waals surface area contributed by atoms with Crippen LogP contribution in [-0.2, 0) is 11.7 Å². The fourth-order valence-electron chi connectivity index (χ4n) is 5.81. The zero-order valence-electron chi connectivity index (χ0n) is 17.0. The van der Waals surface area contributed by atoms with Gasteiger partial charge >= 0.3 is 6.18 Å². The number of fused-ring (bicyclic) bond motifs is 1. The van der Waals surface area contributed by atoms with Crippen LogP contribution in [0.1, 0.15) is 44.0 Å². The number of aromatic nitrogens is 3. The molecule has 5 nitrogen and oxygen atoms in total. The first-order valence-electron chi connectivity index (χ1n) is 10.5. The van der Waals surface area contributed by atoms with Crippen LogP contribution in [0.25, 0.3) is 11.3 Å². The Morgan fingerprint density at radius 3 is 2.63 bits per heavy atom. The fraction of sp³-hybridized carbons (Fsp3) is 0.619. The Balaban J connectivity index is 1.56. The summed E-state index contributed by atoms with van der Waals surface area (Å²) >= 11 is 0. The average molecular weight is 423 g/mol. The number of halogens is 4. The van der Waals surface area contributed by atoms with Gasteiger partial charge < -0.3 is 10.3 Å². The van der Waals surface area contributed by atoms with Gasteiger partial charge in [-0.25, -0.2) is 14.4 Å². The molecule has 2 aromatic rings. The summed E-state index contributed by atoms with van der Waals surface area (Å²) in [4.78, 5) is 10.8. The van der Waals surface area contributed by atoms with Crippen LogP contribution >= 0.6 is 0 Å². The lowest BCUT2D eigenvalue weighted by Gasteiger charge is -2.20. The van der Waals surface area contributed by atoms with Crippen molar-refractivity contribution in [2.45, 2.75) is 50.4 Å². The molecule has 0 radical (unpaired) electrons. The molecular weight excluding hydrogens is 398 g/mol. The highest BCUT2D eigenvalue weighted by Crippen LogP contribution is 2.83. The van der Waals surface area contributed by atoms with E-state index >= 15 is 0 Å². The molecule has 30 heavy (non-hydrogen) atoms. The second-order valence-corrected chi connectivity index (χ2v) is 8.67. The molecule has 1 unspecified atom stereocenters. The van der Waals surface area contributed by atoms with E-state index in [1.165, 1.54) is 6.20 Å². The summed E-state index contributed by atoms with van der Waals surface area (Å²) in [5, 5.41) is 0. The Morgan fingerprint density at radius 1 is 1.30 bits per heavy atom. The normalized spacial score (nSPS) is 29.5. The van der Waals surface area contributed by atoms with Crippen LogP contribution in [0.4, 0.5) is 23.4 Å². The number of nitrogens with two attached hydrogens (primary N) is 1. The Kier molecular flexibility index (Phi) is 4.23. The van der Waals surface area contributed by atoms with E-state index < -0.39 is 17.6 Å². The smallest absolute Gasteiger partial charge is 0.383 e. The van der Waals surface area contributed by atoms with E-state index in [4.69, 9.17) is 10.7 Å². The lowest BCUT2D eigenvalue weighted by molar-refractivity contribution is -0.137. The molecule has 4 heterocycles. The number of nitrogen functional groups attached to an aromatic ring is 1. The number of hydrogen-bond acceptors (Lipinski definition) is 4. The van der Waals surface area contributed by atoms with Crippen LogP contribution in [0.15, 0.2) is 18.5 Å². The second kappa shape index (κ2) is 6.42. The van der Waals surface area contributed by atoms with E-state index in [0.29, 0.717) is 35.7 Å². The molecule has 0 spiro atoms. The van der Waals surface area contributed by atoms with E-state index in [0.717, 1.165) is 31.3 Å². The highest BCUT2D eigenvalue weighted by molar-refractivity contribution is 5.63. The van der Waals surface area contributed by atoms with Crippen molar-refractivity contribution in [3.05, 3.63) is 29.8 Å². The van der Waals surface area contributed by atoms with Gasteiger partial charge in [-0.2, -0.15) is 13.2 Å². The van der Waals surface area contributed by atoms with Crippen molar-refractivity contribution in [3.8, 4) is 11.3 Å². The van der Waals surface area contributed by atoms with Crippen molar-refractivity contribution in [1.29, 1.82) is 0 Å². The van der Waals surface area contributed by atoms with E-state index in [1.807, 2.05) is 6.20 Å². The number of piperidine rings is 1. The van der Waals surface area contributed by atoms with E-state index in [1.54, 1.807) is 0 Å². The zero-order chi connectivity index (χ0) is 21.4. The minimum Gasteiger partial charge on any atom is -0.383 e. The van der Waals surface area contributed by atoms with Crippen LogP contribution in [0.2, 0.25) is 0 Å². The summed E-state index contributed by atoms with van der Waals surface area (Å²) in [6.07, 6.45) is 0.451. The molecule has 2 aliphatic heterocycles. The number of alkyl halides is 4. The topological polar surface area (TPSA) is 60.0 Å². The number of anilines is 1. The molecule has 4 fully saturated rings. The van der Waals surface area contributed by atoms with Gasteiger partial charge in [0.05, 0.1) is 16.8 Å². The third-order valence-corrected chi connectivity index (χ3v) is 7.37. The quantitative estimate of drug-likeness (QED) is 0.683. The second-order valence-electron chi connectivity index (χ2n) is 8.67. The molecule has 4 aliphatic rings. The van der Waals surface area contributed by atoms with Crippen molar-refractivity contribution in [3.63, 3.8) is 0 Å². The molecule has 2 saturated heterocycles. The maximum atomic E-state index is 13.3. The lowest BCUT2D eigenvalue weighted by Crippen LogP contribution is -2.28. The van der Waals surface area contributed by atoms with E-state index in [2.05, 4.69) is 28.3 Å². The van der Waals surface area contributed by atoms with Crippen LogP contribution in [0.5, 0.6) is 0 Å². The van der Waals surface area contributed by atoms with Gasteiger partial charge in [-0.15, -0.1) is 0 Å². The van der Waals surface area contributed by atoms with Crippen LogP contribution in [-0.4, -0.2) is 45.2 Å².